The van der Waals surface area contributed by atoms with Crippen LogP contribution in [0.1, 0.15) is 13.3 Å². The Morgan fingerprint density at radius 1 is 1.17 bits per heavy atom. The van der Waals surface area contributed by atoms with Gasteiger partial charge in [-0.1, -0.05) is 31.0 Å². The summed E-state index contributed by atoms with van der Waals surface area (Å²) in [5.41, 5.74) is 1.22. The maximum atomic E-state index is 5.43. The number of rotatable bonds is 5. The Morgan fingerprint density at radius 2 is 1.89 bits per heavy atom. The second-order valence-electron chi connectivity index (χ2n) is 4.42. The number of hydrogen-bond acceptors (Lipinski definition) is 4. The number of benzene rings is 1. The van der Waals surface area contributed by atoms with Crippen molar-refractivity contribution in [3.8, 4) is 5.75 Å². The zero-order chi connectivity index (χ0) is 12.8. The Balaban J connectivity index is 1.92. The van der Waals surface area contributed by atoms with E-state index < -0.39 is 0 Å². The van der Waals surface area contributed by atoms with Crippen molar-refractivity contribution in [2.75, 3.05) is 43.9 Å². The van der Waals surface area contributed by atoms with E-state index in [-0.39, 0.29) is 0 Å². The number of methoxy groups -OCH3 is 1. The highest BCUT2D eigenvalue weighted by atomic mass is 32.2. The minimum atomic E-state index is 0.979. The Morgan fingerprint density at radius 3 is 2.56 bits per heavy atom. The van der Waals surface area contributed by atoms with Gasteiger partial charge in [0, 0.05) is 31.9 Å². The van der Waals surface area contributed by atoms with Crippen LogP contribution < -0.4 is 9.64 Å². The standard InChI is InChI=1S/C14H22N2OS/c1-3-12-18-16-10-8-15(9-11-16)13-6-4-5-7-14(13)17-2/h4-7H,3,8-12H2,1-2H3. The third-order valence-electron chi connectivity index (χ3n) is 3.14. The van der Waals surface area contributed by atoms with E-state index in [4.69, 9.17) is 4.74 Å². The maximum absolute atomic E-state index is 5.43. The molecule has 1 saturated heterocycles. The molecule has 1 aromatic rings. The molecule has 0 atom stereocenters. The van der Waals surface area contributed by atoms with Crippen LogP contribution in [0, 0.1) is 0 Å². The van der Waals surface area contributed by atoms with Gasteiger partial charge in [0.15, 0.2) is 0 Å². The highest BCUT2D eigenvalue weighted by Gasteiger charge is 2.19. The van der Waals surface area contributed by atoms with Gasteiger partial charge in [-0.25, -0.2) is 4.31 Å². The molecule has 4 heteroatoms. The largest absolute Gasteiger partial charge is 0.495 e. The molecule has 0 aromatic heterocycles. The molecule has 18 heavy (non-hydrogen) atoms. The summed E-state index contributed by atoms with van der Waals surface area (Å²) in [4.78, 5) is 2.42. The van der Waals surface area contributed by atoms with Crippen molar-refractivity contribution in [3.63, 3.8) is 0 Å². The van der Waals surface area contributed by atoms with Gasteiger partial charge in [-0.05, 0) is 18.6 Å². The second kappa shape index (κ2) is 6.90. The number of piperazine rings is 1. The molecule has 3 nitrogen and oxygen atoms in total. The number of nitrogens with zero attached hydrogens (tertiary/aromatic N) is 2. The van der Waals surface area contributed by atoms with Gasteiger partial charge in [0.25, 0.3) is 0 Å². The Kier molecular flexibility index (Phi) is 5.20. The summed E-state index contributed by atoms with van der Waals surface area (Å²) in [6.45, 7) is 6.65. The van der Waals surface area contributed by atoms with Crippen molar-refractivity contribution in [1.29, 1.82) is 0 Å². The molecular weight excluding hydrogens is 244 g/mol. The minimum Gasteiger partial charge on any atom is -0.495 e. The quantitative estimate of drug-likeness (QED) is 0.761. The molecule has 0 bridgehead atoms. The summed E-state index contributed by atoms with van der Waals surface area (Å²) in [5, 5.41) is 0. The Bertz CT molecular complexity index is 365. The predicted octanol–water partition coefficient (Wildman–Crippen LogP) is 2.88. The minimum absolute atomic E-state index is 0.979. The first-order valence-electron chi connectivity index (χ1n) is 6.61. The van der Waals surface area contributed by atoms with Crippen LogP contribution in [0.4, 0.5) is 5.69 Å². The molecule has 2 rings (SSSR count). The van der Waals surface area contributed by atoms with Crippen LogP contribution in [0.15, 0.2) is 24.3 Å². The summed E-state index contributed by atoms with van der Waals surface area (Å²) >= 11 is 1.98. The van der Waals surface area contributed by atoms with Gasteiger partial charge in [0.2, 0.25) is 0 Å². The predicted molar refractivity (Wildman–Crippen MR) is 79.5 cm³/mol. The summed E-state index contributed by atoms with van der Waals surface area (Å²) < 4.78 is 7.91. The van der Waals surface area contributed by atoms with Gasteiger partial charge in [-0.3, -0.25) is 0 Å². The fourth-order valence-electron chi connectivity index (χ4n) is 2.17. The zero-order valence-corrected chi connectivity index (χ0v) is 12.1. The van der Waals surface area contributed by atoms with Gasteiger partial charge in [-0.15, -0.1) is 0 Å². The molecule has 1 aromatic carbocycles. The molecule has 0 radical (unpaired) electrons. The molecule has 1 heterocycles. The number of ether oxygens (including phenoxy) is 1. The molecule has 0 aliphatic carbocycles. The fourth-order valence-corrected chi connectivity index (χ4v) is 3.03. The normalized spacial score (nSPS) is 16.9. The highest BCUT2D eigenvalue weighted by Crippen LogP contribution is 2.29. The number of hydrogen-bond donors (Lipinski definition) is 0. The molecule has 0 unspecified atom stereocenters. The highest BCUT2D eigenvalue weighted by molar-refractivity contribution is 7.97. The van der Waals surface area contributed by atoms with Gasteiger partial charge in [-0.2, -0.15) is 0 Å². The smallest absolute Gasteiger partial charge is 0.142 e. The van der Waals surface area contributed by atoms with Gasteiger partial charge in [0.1, 0.15) is 5.75 Å². The van der Waals surface area contributed by atoms with E-state index in [1.54, 1.807) is 7.11 Å². The summed E-state index contributed by atoms with van der Waals surface area (Å²) in [5.74, 6) is 2.21. The number of para-hydroxylation sites is 2. The van der Waals surface area contributed by atoms with Crippen LogP contribution in [0.25, 0.3) is 0 Å². The Labute approximate surface area is 114 Å². The molecule has 0 saturated carbocycles. The molecule has 1 aliphatic heterocycles. The molecule has 100 valence electrons. The van der Waals surface area contributed by atoms with E-state index in [9.17, 15) is 0 Å². The lowest BCUT2D eigenvalue weighted by Crippen LogP contribution is -2.43. The first-order valence-corrected chi connectivity index (χ1v) is 7.55. The first kappa shape index (κ1) is 13.6. The van der Waals surface area contributed by atoms with E-state index in [1.807, 2.05) is 24.1 Å². The van der Waals surface area contributed by atoms with E-state index in [0.717, 1.165) is 31.9 Å². The van der Waals surface area contributed by atoms with Crippen LogP contribution in [-0.4, -0.2) is 43.3 Å². The van der Waals surface area contributed by atoms with Gasteiger partial charge in [0.05, 0.1) is 12.8 Å². The van der Waals surface area contributed by atoms with Crippen molar-refractivity contribution < 1.29 is 4.74 Å². The lowest BCUT2D eigenvalue weighted by molar-refractivity contribution is 0.402. The molecule has 0 N–H and O–H groups in total. The summed E-state index contributed by atoms with van der Waals surface area (Å²) in [6, 6.07) is 8.28. The van der Waals surface area contributed by atoms with E-state index in [2.05, 4.69) is 28.3 Å². The lowest BCUT2D eigenvalue weighted by atomic mass is 10.2. The van der Waals surface area contributed by atoms with Crippen LogP contribution in [-0.2, 0) is 0 Å². The van der Waals surface area contributed by atoms with Crippen LogP contribution in [0.5, 0.6) is 5.75 Å². The van der Waals surface area contributed by atoms with Crippen molar-refractivity contribution in [2.24, 2.45) is 0 Å². The molecule has 0 spiro atoms. The second-order valence-corrected chi connectivity index (χ2v) is 5.60. The van der Waals surface area contributed by atoms with Gasteiger partial charge < -0.3 is 9.64 Å². The summed E-state index contributed by atoms with van der Waals surface area (Å²) in [7, 11) is 1.74. The third-order valence-corrected chi connectivity index (χ3v) is 4.46. The molecule has 1 aliphatic rings. The molecule has 0 amide bonds. The van der Waals surface area contributed by atoms with Crippen molar-refractivity contribution >= 4 is 17.6 Å². The van der Waals surface area contributed by atoms with E-state index in [0.29, 0.717) is 0 Å². The average molecular weight is 266 g/mol. The lowest BCUT2D eigenvalue weighted by Gasteiger charge is -2.35. The zero-order valence-electron chi connectivity index (χ0n) is 11.3. The van der Waals surface area contributed by atoms with E-state index >= 15 is 0 Å². The summed E-state index contributed by atoms with van der Waals surface area (Å²) in [6.07, 6.45) is 1.25. The molecular formula is C14H22N2OS. The first-order chi connectivity index (χ1) is 8.85. The average Bonchev–Trinajstić information content (AvgIpc) is 2.45. The Hall–Kier alpha value is -0.870. The van der Waals surface area contributed by atoms with Gasteiger partial charge >= 0.3 is 0 Å². The van der Waals surface area contributed by atoms with Crippen LogP contribution in [0.3, 0.4) is 0 Å². The molecule has 1 fully saturated rings. The monoisotopic (exact) mass is 266 g/mol. The van der Waals surface area contributed by atoms with E-state index in [1.165, 1.54) is 17.9 Å². The van der Waals surface area contributed by atoms with Crippen molar-refractivity contribution in [3.05, 3.63) is 24.3 Å². The van der Waals surface area contributed by atoms with Crippen LogP contribution >= 0.6 is 11.9 Å². The third kappa shape index (κ3) is 3.33. The van der Waals surface area contributed by atoms with Crippen molar-refractivity contribution in [2.45, 2.75) is 13.3 Å². The van der Waals surface area contributed by atoms with Crippen LogP contribution in [0.2, 0.25) is 0 Å². The maximum Gasteiger partial charge on any atom is 0.142 e. The van der Waals surface area contributed by atoms with Crippen molar-refractivity contribution in [1.82, 2.24) is 4.31 Å². The SMILES string of the molecule is CCCSN1CCN(c2ccccc2OC)CC1. The topological polar surface area (TPSA) is 15.7 Å². The number of anilines is 1. The fraction of sp³-hybridized carbons (Fsp3) is 0.571.